The molecule has 2 N–H and O–H groups in total. The number of rotatable bonds is 6. The molecule has 27 heavy (non-hydrogen) atoms. The lowest BCUT2D eigenvalue weighted by Crippen LogP contribution is -2.83. The zero-order valence-electron chi connectivity index (χ0n) is 14.9. The topological polar surface area (TPSA) is 69.2 Å². The highest BCUT2D eigenvalue weighted by Crippen LogP contribution is 2.23. The van der Waals surface area contributed by atoms with Gasteiger partial charge in [-0.1, -0.05) is 30.3 Å². The van der Waals surface area contributed by atoms with Gasteiger partial charge in [-0.25, -0.2) is 4.79 Å². The SMILES string of the molecule is COc1ccc2c(C[NH2+][C@H](c3ccccc3)c3ccco3)cc(=O)oc2c1. The molecule has 5 heteroatoms. The smallest absolute Gasteiger partial charge is 0.336 e. The molecule has 2 aromatic carbocycles. The second-order valence-corrected chi connectivity index (χ2v) is 6.30. The second-order valence-electron chi connectivity index (χ2n) is 6.30. The highest BCUT2D eigenvalue weighted by molar-refractivity contribution is 5.81. The van der Waals surface area contributed by atoms with Crippen LogP contribution in [0.25, 0.3) is 11.0 Å². The van der Waals surface area contributed by atoms with Crippen LogP contribution in [-0.2, 0) is 6.54 Å². The molecule has 2 aromatic heterocycles. The molecule has 0 radical (unpaired) electrons. The van der Waals surface area contributed by atoms with Crippen molar-refractivity contribution in [1.29, 1.82) is 0 Å². The summed E-state index contributed by atoms with van der Waals surface area (Å²) < 4.78 is 16.2. The monoisotopic (exact) mass is 362 g/mol. The van der Waals surface area contributed by atoms with E-state index in [1.807, 2.05) is 42.5 Å². The molecule has 0 aliphatic rings. The van der Waals surface area contributed by atoms with E-state index < -0.39 is 0 Å². The summed E-state index contributed by atoms with van der Waals surface area (Å²) in [5.41, 5.74) is 2.21. The Morgan fingerprint density at radius 3 is 2.63 bits per heavy atom. The van der Waals surface area contributed by atoms with Gasteiger partial charge < -0.3 is 18.9 Å². The number of quaternary nitrogens is 1. The molecular weight excluding hydrogens is 342 g/mol. The maximum absolute atomic E-state index is 12.0. The Balaban J connectivity index is 1.68. The predicted molar refractivity (Wildman–Crippen MR) is 102 cm³/mol. The van der Waals surface area contributed by atoms with Crippen molar-refractivity contribution in [1.82, 2.24) is 0 Å². The number of hydrogen-bond donors (Lipinski definition) is 1. The quantitative estimate of drug-likeness (QED) is 0.535. The molecule has 0 fully saturated rings. The Hall–Kier alpha value is -3.31. The first-order chi connectivity index (χ1) is 13.2. The first-order valence-electron chi connectivity index (χ1n) is 8.77. The van der Waals surface area contributed by atoms with E-state index in [2.05, 4.69) is 17.4 Å². The molecule has 136 valence electrons. The number of benzene rings is 2. The summed E-state index contributed by atoms with van der Waals surface area (Å²) in [6.45, 7) is 0.606. The molecular formula is C22H20NO4+. The Morgan fingerprint density at radius 1 is 1.04 bits per heavy atom. The van der Waals surface area contributed by atoms with E-state index in [0.29, 0.717) is 17.9 Å². The third kappa shape index (κ3) is 3.64. The van der Waals surface area contributed by atoms with Crippen LogP contribution in [0.4, 0.5) is 0 Å². The molecule has 1 atom stereocenters. The van der Waals surface area contributed by atoms with Gasteiger partial charge in [-0.2, -0.15) is 0 Å². The minimum absolute atomic E-state index is 0.00162. The van der Waals surface area contributed by atoms with Crippen LogP contribution in [0.1, 0.15) is 22.9 Å². The predicted octanol–water partition coefficient (Wildman–Crippen LogP) is 3.25. The molecule has 0 spiro atoms. The summed E-state index contributed by atoms with van der Waals surface area (Å²) in [6.07, 6.45) is 1.68. The van der Waals surface area contributed by atoms with E-state index in [0.717, 1.165) is 22.3 Å². The minimum Gasteiger partial charge on any atom is -0.497 e. The fraction of sp³-hybridized carbons (Fsp3) is 0.136. The van der Waals surface area contributed by atoms with Gasteiger partial charge in [0.15, 0.2) is 11.8 Å². The molecule has 0 amide bonds. The van der Waals surface area contributed by atoms with Gasteiger partial charge in [0.2, 0.25) is 0 Å². The minimum atomic E-state index is -0.367. The first kappa shape index (κ1) is 17.1. The molecule has 0 saturated carbocycles. The molecule has 2 heterocycles. The van der Waals surface area contributed by atoms with E-state index in [-0.39, 0.29) is 11.7 Å². The van der Waals surface area contributed by atoms with Gasteiger partial charge in [0.25, 0.3) is 0 Å². The van der Waals surface area contributed by atoms with Gasteiger partial charge in [-0.15, -0.1) is 0 Å². The third-order valence-corrected chi connectivity index (χ3v) is 4.62. The summed E-state index contributed by atoms with van der Waals surface area (Å²) in [7, 11) is 1.59. The maximum atomic E-state index is 12.0. The van der Waals surface area contributed by atoms with Crippen molar-refractivity contribution in [3.05, 3.63) is 100 Å². The second kappa shape index (κ2) is 7.51. The number of nitrogens with two attached hydrogens (primary N) is 1. The van der Waals surface area contributed by atoms with Crippen LogP contribution in [0.15, 0.2) is 86.6 Å². The van der Waals surface area contributed by atoms with E-state index >= 15 is 0 Å². The average molecular weight is 362 g/mol. The number of hydrogen-bond acceptors (Lipinski definition) is 4. The summed E-state index contributed by atoms with van der Waals surface area (Å²) in [6, 6.07) is 21.1. The molecule has 5 nitrogen and oxygen atoms in total. The number of furan rings is 1. The summed E-state index contributed by atoms with van der Waals surface area (Å²) in [5, 5.41) is 3.06. The standard InChI is InChI=1S/C22H19NO4/c1-25-17-9-10-18-16(12-21(24)27-20(18)13-17)14-23-22(19-8-5-11-26-19)15-6-3-2-4-7-15/h2-13,22-23H,14H2,1H3/p+1/t22-/m1/s1. The van der Waals surface area contributed by atoms with E-state index in [4.69, 9.17) is 13.6 Å². The van der Waals surface area contributed by atoms with E-state index in [1.165, 1.54) is 0 Å². The van der Waals surface area contributed by atoms with Gasteiger partial charge in [0, 0.05) is 28.6 Å². The third-order valence-electron chi connectivity index (χ3n) is 4.62. The largest absolute Gasteiger partial charge is 0.497 e. The zero-order valence-corrected chi connectivity index (χ0v) is 14.9. The van der Waals surface area contributed by atoms with Crippen molar-refractivity contribution in [3.63, 3.8) is 0 Å². The molecule has 0 aliphatic carbocycles. The van der Waals surface area contributed by atoms with Crippen LogP contribution < -0.4 is 15.7 Å². The Kier molecular flexibility index (Phi) is 4.77. The van der Waals surface area contributed by atoms with Gasteiger partial charge >= 0.3 is 5.63 Å². The van der Waals surface area contributed by atoms with Crippen LogP contribution in [0.2, 0.25) is 0 Å². The molecule has 4 aromatic rings. The Morgan fingerprint density at radius 2 is 1.89 bits per heavy atom. The molecule has 4 rings (SSSR count). The van der Waals surface area contributed by atoms with Crippen LogP contribution in [0.3, 0.4) is 0 Å². The van der Waals surface area contributed by atoms with Gasteiger partial charge in [-0.05, 0) is 24.3 Å². The van der Waals surface area contributed by atoms with Crippen LogP contribution in [0.5, 0.6) is 5.75 Å². The van der Waals surface area contributed by atoms with Crippen molar-refractivity contribution in [2.75, 3.05) is 7.11 Å². The fourth-order valence-corrected chi connectivity index (χ4v) is 3.30. The van der Waals surface area contributed by atoms with Crippen LogP contribution in [0, 0.1) is 0 Å². The highest BCUT2D eigenvalue weighted by Gasteiger charge is 2.21. The Labute approximate surface area is 156 Å². The van der Waals surface area contributed by atoms with Crippen molar-refractivity contribution < 1.29 is 18.9 Å². The van der Waals surface area contributed by atoms with Gasteiger partial charge in [-0.3, -0.25) is 0 Å². The van der Waals surface area contributed by atoms with Gasteiger partial charge in [0.1, 0.15) is 17.9 Å². The number of fused-ring (bicyclic) bond motifs is 1. The first-order valence-corrected chi connectivity index (χ1v) is 8.77. The Bertz CT molecular complexity index is 1080. The number of methoxy groups -OCH3 is 1. The normalized spacial score (nSPS) is 12.2. The lowest BCUT2D eigenvalue weighted by Gasteiger charge is -2.14. The van der Waals surface area contributed by atoms with Crippen molar-refractivity contribution >= 4 is 11.0 Å². The van der Waals surface area contributed by atoms with Gasteiger partial charge in [0.05, 0.1) is 13.4 Å². The highest BCUT2D eigenvalue weighted by atomic mass is 16.5. The van der Waals surface area contributed by atoms with Crippen molar-refractivity contribution in [2.45, 2.75) is 12.6 Å². The molecule has 0 aliphatic heterocycles. The number of ether oxygens (including phenoxy) is 1. The zero-order chi connectivity index (χ0) is 18.6. The lowest BCUT2D eigenvalue weighted by molar-refractivity contribution is -0.704. The van der Waals surface area contributed by atoms with Crippen molar-refractivity contribution in [2.24, 2.45) is 0 Å². The van der Waals surface area contributed by atoms with Crippen molar-refractivity contribution in [3.8, 4) is 5.75 Å². The molecule has 0 bridgehead atoms. The fourth-order valence-electron chi connectivity index (χ4n) is 3.30. The van der Waals surface area contributed by atoms with E-state index in [9.17, 15) is 4.79 Å². The molecule has 0 saturated heterocycles. The summed E-state index contributed by atoms with van der Waals surface area (Å²) in [5.74, 6) is 1.53. The van der Waals surface area contributed by atoms with Crippen LogP contribution in [-0.4, -0.2) is 7.11 Å². The average Bonchev–Trinajstić information content (AvgIpc) is 3.22. The molecule has 0 unspecified atom stereocenters. The maximum Gasteiger partial charge on any atom is 0.336 e. The van der Waals surface area contributed by atoms with E-state index in [1.54, 1.807) is 25.5 Å². The summed E-state index contributed by atoms with van der Waals surface area (Å²) in [4.78, 5) is 12.0. The van der Waals surface area contributed by atoms with Crippen LogP contribution >= 0.6 is 0 Å². The lowest BCUT2D eigenvalue weighted by atomic mass is 10.0. The summed E-state index contributed by atoms with van der Waals surface area (Å²) >= 11 is 0.